The van der Waals surface area contributed by atoms with E-state index in [0.717, 1.165) is 16.9 Å². The average Bonchev–Trinajstić information content (AvgIpc) is 3.18. The van der Waals surface area contributed by atoms with E-state index in [1.807, 2.05) is 24.4 Å². The monoisotopic (exact) mass is 298 g/mol. The van der Waals surface area contributed by atoms with Gasteiger partial charge in [0.1, 0.15) is 11.4 Å². The van der Waals surface area contributed by atoms with Crippen molar-refractivity contribution in [3.63, 3.8) is 0 Å². The molecule has 0 spiro atoms. The first kappa shape index (κ1) is 13.8. The van der Waals surface area contributed by atoms with Crippen LogP contribution in [0, 0.1) is 0 Å². The van der Waals surface area contributed by atoms with E-state index in [2.05, 4.69) is 20.5 Å². The topological polar surface area (TPSA) is 112 Å². The van der Waals surface area contributed by atoms with Crippen LogP contribution in [0.5, 0.6) is 5.75 Å². The number of rotatable bonds is 5. The number of nitrogens with two attached hydrogens (primary N) is 1. The van der Waals surface area contributed by atoms with Gasteiger partial charge in [-0.1, -0.05) is 0 Å². The molecule has 112 valence electrons. The minimum absolute atomic E-state index is 0.107. The van der Waals surface area contributed by atoms with Gasteiger partial charge in [0.2, 0.25) is 0 Å². The van der Waals surface area contributed by atoms with Gasteiger partial charge in [-0.3, -0.25) is 9.48 Å². The third-order valence-electron chi connectivity index (χ3n) is 3.23. The number of nitrogens with one attached hydrogen (secondary N) is 1. The van der Waals surface area contributed by atoms with Gasteiger partial charge in [0.25, 0.3) is 5.91 Å². The first-order valence-corrected chi connectivity index (χ1v) is 6.54. The van der Waals surface area contributed by atoms with Gasteiger partial charge in [-0.25, -0.2) is 0 Å². The van der Waals surface area contributed by atoms with Gasteiger partial charge in [0, 0.05) is 23.5 Å². The highest BCUT2D eigenvalue weighted by molar-refractivity contribution is 5.96. The van der Waals surface area contributed by atoms with E-state index >= 15 is 0 Å². The third-order valence-corrected chi connectivity index (χ3v) is 3.23. The van der Waals surface area contributed by atoms with Crippen molar-refractivity contribution in [2.75, 3.05) is 7.11 Å². The minimum atomic E-state index is -0.631. The number of hydrogen-bond donors (Lipinski definition) is 2. The molecule has 8 nitrogen and oxygen atoms in total. The molecule has 0 unspecified atom stereocenters. The summed E-state index contributed by atoms with van der Waals surface area (Å²) in [6, 6.07) is 7.34. The zero-order valence-corrected chi connectivity index (χ0v) is 11.9. The van der Waals surface area contributed by atoms with Crippen molar-refractivity contribution in [2.24, 2.45) is 5.73 Å². The molecular weight excluding hydrogens is 284 g/mol. The highest BCUT2D eigenvalue weighted by Crippen LogP contribution is 2.27. The van der Waals surface area contributed by atoms with Crippen molar-refractivity contribution in [3.05, 3.63) is 47.9 Å². The van der Waals surface area contributed by atoms with Crippen LogP contribution in [0.25, 0.3) is 11.3 Å². The van der Waals surface area contributed by atoms with Crippen molar-refractivity contribution in [1.82, 2.24) is 25.2 Å². The molecule has 0 aliphatic heterocycles. The van der Waals surface area contributed by atoms with Crippen molar-refractivity contribution >= 4 is 5.91 Å². The van der Waals surface area contributed by atoms with E-state index in [1.165, 1.54) is 0 Å². The molecular formula is C14H14N6O2. The molecule has 0 aliphatic carbocycles. The molecule has 0 saturated heterocycles. The zero-order chi connectivity index (χ0) is 15.5. The molecule has 8 heteroatoms. The SMILES string of the molecule is COc1ccc(-c2n[nH]nc2C(N)=O)cc1Cn1cccn1. The number of aromatic amines is 1. The standard InChI is InChI=1S/C14H14N6O2/c1-22-11-4-3-9(12-13(14(15)21)18-19-17-12)7-10(11)8-20-6-2-5-16-20/h2-7H,8H2,1H3,(H2,15,21)(H,17,18,19). The van der Waals surface area contributed by atoms with Crippen molar-refractivity contribution in [3.8, 4) is 17.0 Å². The highest BCUT2D eigenvalue weighted by Gasteiger charge is 2.16. The number of benzene rings is 1. The van der Waals surface area contributed by atoms with Crippen LogP contribution in [0.1, 0.15) is 16.1 Å². The van der Waals surface area contributed by atoms with Gasteiger partial charge in [0.05, 0.1) is 13.7 Å². The van der Waals surface area contributed by atoms with Gasteiger partial charge >= 0.3 is 0 Å². The maximum absolute atomic E-state index is 11.4. The molecule has 2 heterocycles. The summed E-state index contributed by atoms with van der Waals surface area (Å²) in [5.74, 6) is 0.0940. The summed E-state index contributed by atoms with van der Waals surface area (Å²) in [6.07, 6.45) is 3.57. The van der Waals surface area contributed by atoms with E-state index < -0.39 is 5.91 Å². The van der Waals surface area contributed by atoms with Crippen LogP contribution in [0.4, 0.5) is 0 Å². The van der Waals surface area contributed by atoms with Crippen molar-refractivity contribution < 1.29 is 9.53 Å². The van der Waals surface area contributed by atoms with Crippen LogP contribution >= 0.6 is 0 Å². The predicted octanol–water partition coefficient (Wildman–Crippen LogP) is 0.824. The second-order valence-electron chi connectivity index (χ2n) is 4.62. The van der Waals surface area contributed by atoms with Crippen molar-refractivity contribution in [2.45, 2.75) is 6.54 Å². The highest BCUT2D eigenvalue weighted by atomic mass is 16.5. The fourth-order valence-electron chi connectivity index (χ4n) is 2.22. The third kappa shape index (κ3) is 2.53. The first-order chi connectivity index (χ1) is 10.7. The predicted molar refractivity (Wildman–Crippen MR) is 78.2 cm³/mol. The molecule has 22 heavy (non-hydrogen) atoms. The van der Waals surface area contributed by atoms with Crippen molar-refractivity contribution in [1.29, 1.82) is 0 Å². The fraction of sp³-hybridized carbons (Fsp3) is 0.143. The molecule has 0 bridgehead atoms. The molecule has 0 radical (unpaired) electrons. The van der Waals surface area contributed by atoms with Crippen LogP contribution in [0.2, 0.25) is 0 Å². The number of carbonyl (C=O) groups is 1. The quantitative estimate of drug-likeness (QED) is 0.724. The lowest BCUT2D eigenvalue weighted by molar-refractivity contribution is 0.0996. The van der Waals surface area contributed by atoms with E-state index in [1.54, 1.807) is 24.1 Å². The van der Waals surface area contributed by atoms with Crippen LogP contribution in [-0.4, -0.2) is 38.2 Å². The molecule has 3 rings (SSSR count). The van der Waals surface area contributed by atoms with Gasteiger partial charge < -0.3 is 10.5 Å². The molecule has 1 aromatic carbocycles. The number of H-pyrrole nitrogens is 1. The number of methoxy groups -OCH3 is 1. The lowest BCUT2D eigenvalue weighted by Gasteiger charge is -2.10. The van der Waals surface area contributed by atoms with Gasteiger partial charge in [0.15, 0.2) is 5.69 Å². The zero-order valence-electron chi connectivity index (χ0n) is 11.9. The van der Waals surface area contributed by atoms with Crippen LogP contribution < -0.4 is 10.5 Å². The first-order valence-electron chi connectivity index (χ1n) is 6.54. The Bertz CT molecular complexity index is 794. The molecule has 0 atom stereocenters. The lowest BCUT2D eigenvalue weighted by atomic mass is 10.1. The summed E-state index contributed by atoms with van der Waals surface area (Å²) in [7, 11) is 1.60. The van der Waals surface area contributed by atoms with Gasteiger partial charge in [-0.15, -0.1) is 0 Å². The number of nitrogens with zero attached hydrogens (tertiary/aromatic N) is 4. The van der Waals surface area contributed by atoms with E-state index in [4.69, 9.17) is 10.5 Å². The number of aromatic nitrogens is 5. The number of carbonyl (C=O) groups excluding carboxylic acids is 1. The Hall–Kier alpha value is -3.16. The molecule has 0 saturated carbocycles. The number of ether oxygens (including phenoxy) is 1. The van der Waals surface area contributed by atoms with Gasteiger partial charge in [-0.05, 0) is 24.3 Å². The Kier molecular flexibility index (Phi) is 3.57. The maximum atomic E-state index is 11.4. The Balaban J connectivity index is 2.03. The average molecular weight is 298 g/mol. The Morgan fingerprint density at radius 2 is 2.27 bits per heavy atom. The number of hydrogen-bond acceptors (Lipinski definition) is 5. The van der Waals surface area contributed by atoms with E-state index in [-0.39, 0.29) is 5.69 Å². The normalized spacial score (nSPS) is 10.6. The van der Waals surface area contributed by atoms with Crippen LogP contribution in [-0.2, 0) is 6.54 Å². The molecule has 3 N–H and O–H groups in total. The Morgan fingerprint density at radius 3 is 2.95 bits per heavy atom. The number of primary amides is 1. The van der Waals surface area contributed by atoms with E-state index in [0.29, 0.717) is 12.2 Å². The maximum Gasteiger partial charge on any atom is 0.271 e. The summed E-state index contributed by atoms with van der Waals surface area (Å²) < 4.78 is 7.14. The molecule has 2 aromatic heterocycles. The van der Waals surface area contributed by atoms with Crippen LogP contribution in [0.3, 0.4) is 0 Å². The Morgan fingerprint density at radius 1 is 1.41 bits per heavy atom. The fourth-order valence-corrected chi connectivity index (χ4v) is 2.22. The molecule has 0 fully saturated rings. The number of amides is 1. The molecule has 0 aliphatic rings. The largest absolute Gasteiger partial charge is 0.496 e. The molecule has 3 aromatic rings. The summed E-state index contributed by atoms with van der Waals surface area (Å²) in [5, 5.41) is 14.4. The van der Waals surface area contributed by atoms with E-state index in [9.17, 15) is 4.79 Å². The summed E-state index contributed by atoms with van der Waals surface area (Å²) in [5.41, 5.74) is 7.45. The second kappa shape index (κ2) is 5.68. The van der Waals surface area contributed by atoms with Gasteiger partial charge in [-0.2, -0.15) is 20.5 Å². The van der Waals surface area contributed by atoms with Crippen LogP contribution in [0.15, 0.2) is 36.7 Å². The summed E-state index contributed by atoms with van der Waals surface area (Å²) in [6.45, 7) is 0.535. The lowest BCUT2D eigenvalue weighted by Crippen LogP contribution is -2.12. The minimum Gasteiger partial charge on any atom is -0.496 e. The summed E-state index contributed by atoms with van der Waals surface area (Å²) >= 11 is 0. The Labute approximate surface area is 125 Å². The molecule has 1 amide bonds. The smallest absolute Gasteiger partial charge is 0.271 e. The summed E-state index contributed by atoms with van der Waals surface area (Å²) in [4.78, 5) is 11.4. The second-order valence-corrected chi connectivity index (χ2v) is 4.62.